The van der Waals surface area contributed by atoms with Gasteiger partial charge in [0.25, 0.3) is 0 Å². The molecule has 0 radical (unpaired) electrons. The van der Waals surface area contributed by atoms with Crippen LogP contribution in [0.3, 0.4) is 0 Å². The Hall–Kier alpha value is -4.53. The van der Waals surface area contributed by atoms with Gasteiger partial charge in [0, 0.05) is 36.3 Å². The van der Waals surface area contributed by atoms with Crippen LogP contribution in [0.1, 0.15) is 25.0 Å². The van der Waals surface area contributed by atoms with E-state index >= 15 is 0 Å². The highest BCUT2D eigenvalue weighted by Crippen LogP contribution is 2.55. The monoisotopic (exact) mass is 670 g/mol. The van der Waals surface area contributed by atoms with Crippen molar-refractivity contribution in [2.75, 3.05) is 57.4 Å². The van der Waals surface area contributed by atoms with Crippen molar-refractivity contribution in [2.24, 2.45) is 4.99 Å². The van der Waals surface area contributed by atoms with Gasteiger partial charge in [-0.1, -0.05) is 42.5 Å². The van der Waals surface area contributed by atoms with Crippen molar-refractivity contribution in [1.29, 1.82) is 0 Å². The molecule has 3 aromatic carbocycles. The molecule has 0 saturated carbocycles. The number of carbonyl (C=O) groups excluding carboxylic acids is 4. The van der Waals surface area contributed by atoms with E-state index in [-0.39, 0.29) is 32.8 Å². The first-order chi connectivity index (χ1) is 22.8. The van der Waals surface area contributed by atoms with Gasteiger partial charge in [0.2, 0.25) is 5.72 Å². The van der Waals surface area contributed by atoms with Crippen LogP contribution < -0.4 is 9.64 Å². The third-order valence-electron chi connectivity index (χ3n) is 8.64. The molecule has 1 spiro atoms. The fourth-order valence-electron chi connectivity index (χ4n) is 6.48. The van der Waals surface area contributed by atoms with E-state index in [0.29, 0.717) is 17.0 Å². The average molecular weight is 671 g/mol. The summed E-state index contributed by atoms with van der Waals surface area (Å²) >= 11 is 0. The Morgan fingerprint density at radius 1 is 0.833 bits per heavy atom. The molecule has 2 aliphatic rings. The first-order valence-electron chi connectivity index (χ1n) is 15.2. The van der Waals surface area contributed by atoms with Crippen molar-refractivity contribution in [3.05, 3.63) is 65.7 Å². The summed E-state index contributed by atoms with van der Waals surface area (Å²) in [7, 11) is 0. The normalized spacial score (nSPS) is 17.5. The highest BCUT2D eigenvalue weighted by molar-refractivity contribution is 6.01. The van der Waals surface area contributed by atoms with Gasteiger partial charge in [-0.05, 0) is 36.9 Å². The second kappa shape index (κ2) is 14.3. The minimum Gasteiger partial charge on any atom is -0.459 e. The molecule has 48 heavy (non-hydrogen) atoms. The molecule has 0 amide bonds. The molecule has 0 aromatic heterocycles. The topological polar surface area (TPSA) is 109 Å². The van der Waals surface area contributed by atoms with Gasteiger partial charge in [0.1, 0.15) is 5.69 Å². The number of hydrogen-bond acceptors (Lipinski definition) is 10. The van der Waals surface area contributed by atoms with E-state index in [1.54, 1.807) is 12.3 Å². The molecule has 2 heterocycles. The number of benzene rings is 3. The van der Waals surface area contributed by atoms with Gasteiger partial charge in [-0.15, -0.1) is 0 Å². The maximum absolute atomic E-state index is 13.5. The average Bonchev–Trinajstić information content (AvgIpc) is 3.18. The molecular weight excluding hydrogens is 636 g/mol. The van der Waals surface area contributed by atoms with Crippen molar-refractivity contribution in [1.82, 2.24) is 9.80 Å². The molecule has 3 aromatic rings. The third-order valence-corrected chi connectivity index (χ3v) is 8.64. The highest BCUT2D eigenvalue weighted by Gasteiger charge is 2.59. The van der Waals surface area contributed by atoms with Gasteiger partial charge in [-0.25, -0.2) is 0 Å². The van der Waals surface area contributed by atoms with Crippen LogP contribution in [-0.4, -0.2) is 98.4 Å². The van der Waals surface area contributed by atoms with Gasteiger partial charge in [0.05, 0.1) is 51.0 Å². The largest absolute Gasteiger partial charge is 0.459 e. The van der Waals surface area contributed by atoms with Crippen LogP contribution in [0.25, 0.3) is 10.8 Å². The minimum atomic E-state index is -1.73. The number of anilines is 1. The lowest BCUT2D eigenvalue weighted by molar-refractivity contribution is -0.135. The van der Waals surface area contributed by atoms with E-state index in [2.05, 4.69) is 0 Å². The molecule has 0 N–H and O–H groups in total. The first kappa shape index (κ1) is 34.8. The Labute approximate surface area is 273 Å². The number of hydrogen-bond donors (Lipinski definition) is 0. The number of ether oxygens (including phenoxy) is 2. The number of fused-ring (bicyclic) bond motifs is 4. The maximum Gasteiger partial charge on any atom is 0.315 e. The van der Waals surface area contributed by atoms with Gasteiger partial charge < -0.3 is 14.4 Å². The van der Waals surface area contributed by atoms with Crippen LogP contribution in [0, 0.1) is 0 Å². The van der Waals surface area contributed by atoms with Crippen LogP contribution in [-0.2, 0) is 35.9 Å². The number of nitrogens with zero attached hydrogens (tertiary/aromatic N) is 4. The molecule has 0 bridgehead atoms. The zero-order valence-corrected chi connectivity index (χ0v) is 26.4. The second-order valence-corrected chi connectivity index (χ2v) is 12.2. The molecule has 0 saturated heterocycles. The van der Waals surface area contributed by atoms with Crippen molar-refractivity contribution < 1.29 is 46.2 Å². The maximum atomic E-state index is 13.5. The second-order valence-electron chi connectivity index (χ2n) is 12.2. The molecule has 254 valence electrons. The zero-order chi connectivity index (χ0) is 34.6. The lowest BCUT2D eigenvalue weighted by Gasteiger charge is -2.47. The Morgan fingerprint density at radius 3 is 2.10 bits per heavy atom. The van der Waals surface area contributed by atoms with Crippen molar-refractivity contribution >= 4 is 52.5 Å². The van der Waals surface area contributed by atoms with Crippen molar-refractivity contribution in [3.63, 3.8) is 0 Å². The smallest absolute Gasteiger partial charge is 0.315 e. The van der Waals surface area contributed by atoms with E-state index in [1.165, 1.54) is 0 Å². The van der Waals surface area contributed by atoms with E-state index in [4.69, 9.17) is 14.5 Å². The summed E-state index contributed by atoms with van der Waals surface area (Å²) in [5, 5.41) is 1.52. The molecular formula is C34H34F4N4O6. The third kappa shape index (κ3) is 7.15. The predicted octanol–water partition coefficient (Wildman–Crippen LogP) is 4.53. The zero-order valence-electron chi connectivity index (χ0n) is 26.4. The van der Waals surface area contributed by atoms with Crippen LogP contribution >= 0.6 is 0 Å². The Kier molecular flexibility index (Phi) is 10.4. The van der Waals surface area contributed by atoms with Gasteiger partial charge in [-0.3, -0.25) is 34.0 Å². The van der Waals surface area contributed by atoms with E-state index in [1.807, 2.05) is 67.3 Å². The number of halogens is 4. The van der Waals surface area contributed by atoms with Crippen molar-refractivity contribution in [3.8, 4) is 5.75 Å². The predicted molar refractivity (Wildman–Crippen MR) is 169 cm³/mol. The molecule has 0 aliphatic carbocycles. The van der Waals surface area contributed by atoms with Crippen molar-refractivity contribution in [2.45, 2.75) is 31.5 Å². The SMILES string of the molecule is CC1(C)c2ccccc2N(CCOCCN(CC(=O)F)CC(=O)F)C12C=Nc1c(c(CN(CC(=O)F)CC(=O)F)cc3ccccc13)O2. The molecule has 2 aliphatic heterocycles. The Balaban J connectivity index is 1.48. The molecule has 1 unspecified atom stereocenters. The molecule has 14 heteroatoms. The number of rotatable bonds is 16. The summed E-state index contributed by atoms with van der Waals surface area (Å²) in [4.78, 5) is 53.5. The molecule has 1 atom stereocenters. The van der Waals surface area contributed by atoms with Gasteiger partial charge in [0.15, 0.2) is 5.75 Å². The van der Waals surface area contributed by atoms with Crippen LogP contribution in [0.15, 0.2) is 59.6 Å². The van der Waals surface area contributed by atoms with Crippen LogP contribution in [0.4, 0.5) is 28.9 Å². The standard InChI is InChI=1S/C34H34F4N4O6/c1-33(2)25-9-5-6-10-26(25)42(12-14-47-13-11-40(17-27(35)43)18-28(36)44)34(33)21-39-31-24-8-4-3-7-22(24)15-23(32(31)48-34)16-41(19-29(37)45)20-30(38)46/h3-10,15,21H,11-14,16-20H2,1-2H3. The van der Waals surface area contributed by atoms with Crippen LogP contribution in [0.2, 0.25) is 0 Å². The van der Waals surface area contributed by atoms with Crippen LogP contribution in [0.5, 0.6) is 5.75 Å². The minimum absolute atomic E-state index is 0.0310. The summed E-state index contributed by atoms with van der Waals surface area (Å²) < 4.78 is 65.7. The fraction of sp³-hybridized carbons (Fsp3) is 0.382. The number of carbonyl (C=O) groups is 4. The summed E-state index contributed by atoms with van der Waals surface area (Å²) in [6, 6.07) is 9.94. The van der Waals surface area contributed by atoms with Gasteiger partial charge >= 0.3 is 24.1 Å². The lowest BCUT2D eigenvalue weighted by Crippen LogP contribution is -2.63. The molecule has 5 rings (SSSR count). The fourth-order valence-corrected chi connectivity index (χ4v) is 6.48. The lowest BCUT2D eigenvalue weighted by atomic mass is 9.77. The van der Waals surface area contributed by atoms with Gasteiger partial charge in [-0.2, -0.15) is 17.6 Å². The number of para-hydroxylation sites is 1. The Morgan fingerprint density at radius 2 is 1.44 bits per heavy atom. The van der Waals surface area contributed by atoms with E-state index in [9.17, 15) is 36.7 Å². The molecule has 10 nitrogen and oxygen atoms in total. The summed E-state index contributed by atoms with van der Waals surface area (Å²) in [5.74, 6) is 0.313. The Bertz CT molecular complexity index is 1740. The quantitative estimate of drug-likeness (QED) is 0.123. The molecule has 0 fully saturated rings. The highest BCUT2D eigenvalue weighted by atomic mass is 19.1. The summed E-state index contributed by atoms with van der Waals surface area (Å²) in [6.45, 7) is 0.932. The van der Waals surface area contributed by atoms with E-state index < -0.39 is 61.5 Å². The number of aliphatic imine (C=N–C) groups is 1. The summed E-state index contributed by atoms with van der Waals surface area (Å²) in [6.07, 6.45) is 1.71. The first-order valence-corrected chi connectivity index (χ1v) is 15.2. The summed E-state index contributed by atoms with van der Waals surface area (Å²) in [5.41, 5.74) is 0.688. The van der Waals surface area contributed by atoms with E-state index in [0.717, 1.165) is 31.8 Å².